The van der Waals surface area contributed by atoms with Crippen LogP contribution in [-0.4, -0.2) is 38.5 Å². The van der Waals surface area contributed by atoms with E-state index >= 15 is 0 Å². The van der Waals surface area contributed by atoms with E-state index in [0.717, 1.165) is 0 Å². The number of hydrogen-bond donors (Lipinski definition) is 0. The molecule has 4 rings (SSSR count). The van der Waals surface area contributed by atoms with Gasteiger partial charge in [0.2, 0.25) is 0 Å². The number of benzene rings is 3. The van der Waals surface area contributed by atoms with E-state index < -0.39 is 10.2 Å². The Kier molecular flexibility index (Phi) is 9.96. The highest BCUT2D eigenvalue weighted by Gasteiger charge is 2.13. The fraction of sp³-hybridized carbons (Fsp3) is 0.129. The van der Waals surface area contributed by atoms with Crippen LogP contribution in [-0.2, 0) is 0 Å². The SMILES string of the molecule is CN(C)c1ccc(C(=CC(=C2C=CC(=[N+](C)C)C=C2)c2ccccc2)c2ccccc2)cc1.[O-][Cl+3]([O-])([O-])[O-]. The Morgan fingerprint density at radius 1 is 0.658 bits per heavy atom. The van der Waals surface area contributed by atoms with Gasteiger partial charge in [-0.05, 0) is 63.8 Å². The van der Waals surface area contributed by atoms with E-state index in [0.29, 0.717) is 0 Å². The second kappa shape index (κ2) is 13.1. The third kappa shape index (κ3) is 8.66. The quantitative estimate of drug-likeness (QED) is 0.468. The van der Waals surface area contributed by atoms with Crippen LogP contribution in [0.4, 0.5) is 5.69 Å². The highest BCUT2D eigenvalue weighted by atomic mass is 35.7. The molecule has 0 unspecified atom stereocenters. The molecule has 0 aliphatic heterocycles. The Balaban J connectivity index is 0.000000732. The van der Waals surface area contributed by atoms with Crippen molar-refractivity contribution in [3.63, 3.8) is 0 Å². The van der Waals surface area contributed by atoms with Crippen molar-refractivity contribution in [2.75, 3.05) is 33.1 Å². The van der Waals surface area contributed by atoms with Crippen molar-refractivity contribution in [1.29, 1.82) is 0 Å². The monoisotopic (exact) mass is 530 g/mol. The maximum Gasteiger partial charge on any atom is 0.199 e. The predicted octanol–water partition coefficient (Wildman–Crippen LogP) is 1.72. The van der Waals surface area contributed by atoms with Crippen molar-refractivity contribution in [1.82, 2.24) is 0 Å². The lowest BCUT2D eigenvalue weighted by molar-refractivity contribution is -2.00. The first-order valence-corrected chi connectivity index (χ1v) is 13.1. The maximum atomic E-state index is 8.49. The van der Waals surface area contributed by atoms with Gasteiger partial charge < -0.3 is 4.90 Å². The van der Waals surface area contributed by atoms with Crippen molar-refractivity contribution in [3.8, 4) is 0 Å². The van der Waals surface area contributed by atoms with Crippen LogP contribution in [0.25, 0.3) is 11.1 Å². The van der Waals surface area contributed by atoms with Crippen molar-refractivity contribution in [3.05, 3.63) is 138 Å². The smallest absolute Gasteiger partial charge is 0.199 e. The number of halogens is 1. The molecule has 0 saturated carbocycles. The molecule has 3 aromatic carbocycles. The van der Waals surface area contributed by atoms with E-state index in [9.17, 15) is 0 Å². The van der Waals surface area contributed by atoms with Crippen LogP contribution >= 0.6 is 0 Å². The lowest BCUT2D eigenvalue weighted by Gasteiger charge is -2.17. The minimum Gasteiger partial charge on any atom is -0.378 e. The molecule has 0 spiro atoms. The second-order valence-corrected chi connectivity index (χ2v) is 9.72. The first-order valence-electron chi connectivity index (χ1n) is 11.9. The molecule has 1 aliphatic carbocycles. The summed E-state index contributed by atoms with van der Waals surface area (Å²) in [5, 5.41) is 0. The van der Waals surface area contributed by atoms with Crippen LogP contribution in [0, 0.1) is 10.2 Å². The number of rotatable bonds is 5. The summed E-state index contributed by atoms with van der Waals surface area (Å²) in [4.78, 5) is 2.13. The summed E-state index contributed by atoms with van der Waals surface area (Å²) < 4.78 is 36.1. The predicted molar refractivity (Wildman–Crippen MR) is 143 cm³/mol. The Bertz CT molecular complexity index is 1340. The Hall–Kier alpha value is -3.78. The highest BCUT2D eigenvalue weighted by Crippen LogP contribution is 2.32. The highest BCUT2D eigenvalue weighted by molar-refractivity contribution is 6.04. The topological polar surface area (TPSA) is 98.5 Å². The molecule has 196 valence electrons. The second-order valence-electron chi connectivity index (χ2n) is 8.96. The van der Waals surface area contributed by atoms with E-state index in [4.69, 9.17) is 18.6 Å². The average molecular weight is 531 g/mol. The minimum atomic E-state index is -4.94. The number of allylic oxidation sites excluding steroid dienone is 7. The largest absolute Gasteiger partial charge is 0.378 e. The molecule has 3 aromatic rings. The maximum absolute atomic E-state index is 8.49. The lowest BCUT2D eigenvalue weighted by atomic mass is 9.90. The van der Waals surface area contributed by atoms with Gasteiger partial charge in [-0.2, -0.15) is 0 Å². The molecule has 6 nitrogen and oxygen atoms in total. The first-order chi connectivity index (χ1) is 18.0. The molecule has 1 aliphatic rings. The molecule has 0 aromatic heterocycles. The lowest BCUT2D eigenvalue weighted by Crippen LogP contribution is -2.68. The molecule has 0 N–H and O–H groups in total. The summed E-state index contributed by atoms with van der Waals surface area (Å²) in [5.74, 6) is 0. The zero-order chi connectivity index (χ0) is 27.7. The fourth-order valence-electron chi connectivity index (χ4n) is 3.92. The summed E-state index contributed by atoms with van der Waals surface area (Å²) in [7, 11) is 3.34. The van der Waals surface area contributed by atoms with Gasteiger partial charge in [-0.1, -0.05) is 72.8 Å². The Morgan fingerprint density at radius 2 is 1.11 bits per heavy atom. The third-order valence-electron chi connectivity index (χ3n) is 5.85. The van der Waals surface area contributed by atoms with Gasteiger partial charge in [0.15, 0.2) is 5.71 Å². The summed E-state index contributed by atoms with van der Waals surface area (Å²) in [6, 6.07) is 30.1. The molecule has 0 saturated heterocycles. The van der Waals surface area contributed by atoms with E-state index in [1.807, 2.05) is 0 Å². The molecule has 0 fully saturated rings. The van der Waals surface area contributed by atoms with Gasteiger partial charge in [0, 0.05) is 31.9 Å². The first kappa shape index (κ1) is 28.8. The van der Waals surface area contributed by atoms with E-state index in [-0.39, 0.29) is 0 Å². The number of nitrogens with zero attached hydrogens (tertiary/aromatic N) is 2. The van der Waals surface area contributed by atoms with Crippen LogP contribution in [0.2, 0.25) is 0 Å². The molecule has 38 heavy (non-hydrogen) atoms. The normalized spacial score (nSPS) is 13.1. The van der Waals surface area contributed by atoms with E-state index in [1.54, 1.807) is 0 Å². The van der Waals surface area contributed by atoms with E-state index in [2.05, 4.69) is 153 Å². The van der Waals surface area contributed by atoms with Crippen LogP contribution in [0.15, 0.2) is 121 Å². The van der Waals surface area contributed by atoms with Crippen LogP contribution in [0.1, 0.15) is 16.7 Å². The van der Waals surface area contributed by atoms with Crippen LogP contribution in [0.5, 0.6) is 0 Å². The van der Waals surface area contributed by atoms with Crippen molar-refractivity contribution < 1.29 is 33.5 Å². The summed E-state index contributed by atoms with van der Waals surface area (Å²) in [6.45, 7) is 0. The zero-order valence-electron chi connectivity index (χ0n) is 21.9. The molecule has 0 heterocycles. The molecule has 0 radical (unpaired) electrons. The summed E-state index contributed by atoms with van der Waals surface area (Å²) >= 11 is 0. The van der Waals surface area contributed by atoms with Gasteiger partial charge in [-0.25, -0.2) is 23.2 Å². The van der Waals surface area contributed by atoms with Gasteiger partial charge in [-0.15, -0.1) is 10.2 Å². The van der Waals surface area contributed by atoms with Crippen molar-refractivity contribution in [2.45, 2.75) is 0 Å². The summed E-state index contributed by atoms with van der Waals surface area (Å²) in [5.41, 5.74) is 9.60. The van der Waals surface area contributed by atoms with Gasteiger partial charge >= 0.3 is 0 Å². The van der Waals surface area contributed by atoms with Gasteiger partial charge in [-0.3, -0.25) is 0 Å². The number of hydrogen-bond acceptors (Lipinski definition) is 5. The van der Waals surface area contributed by atoms with E-state index in [1.165, 1.54) is 44.8 Å². The Labute approximate surface area is 226 Å². The van der Waals surface area contributed by atoms with Crippen LogP contribution < -0.4 is 23.5 Å². The fourth-order valence-corrected chi connectivity index (χ4v) is 3.92. The molecular weight excluding hydrogens is 500 g/mol. The molecule has 0 atom stereocenters. The van der Waals surface area contributed by atoms with Crippen molar-refractivity contribution >= 4 is 22.5 Å². The third-order valence-corrected chi connectivity index (χ3v) is 5.85. The molecule has 0 amide bonds. The number of anilines is 1. The minimum absolute atomic E-state index is 1.19. The van der Waals surface area contributed by atoms with Crippen molar-refractivity contribution in [2.24, 2.45) is 0 Å². The standard InChI is InChI=1S/C31H31N2.ClHO4/c1-32(2)28-19-15-26(16-20-28)30(24-11-7-5-8-12-24)23-31(25-13-9-6-10-14-25)27-17-21-29(22-18-27)33(3)4;2-1(3,4)5/h5-23H,1-4H3;(H,2,3,4,5)/q+1;/p-1. The Morgan fingerprint density at radius 3 is 1.55 bits per heavy atom. The molecule has 7 heteroatoms. The van der Waals surface area contributed by atoms with Gasteiger partial charge in [0.25, 0.3) is 0 Å². The molecular formula is C31H31ClN2O4. The zero-order valence-corrected chi connectivity index (χ0v) is 22.6. The van der Waals surface area contributed by atoms with Gasteiger partial charge in [0.1, 0.15) is 14.1 Å². The average Bonchev–Trinajstić information content (AvgIpc) is 2.89. The summed E-state index contributed by atoms with van der Waals surface area (Å²) in [6.07, 6.45) is 11.1. The van der Waals surface area contributed by atoms with Gasteiger partial charge in [0.05, 0.1) is 0 Å². The molecule has 0 bridgehead atoms. The van der Waals surface area contributed by atoms with Crippen LogP contribution in [0.3, 0.4) is 0 Å².